The number of aliphatic hydroxyl groups excluding tert-OH is 1. The van der Waals surface area contributed by atoms with Crippen molar-refractivity contribution in [3.63, 3.8) is 0 Å². The van der Waals surface area contributed by atoms with Crippen molar-refractivity contribution in [1.82, 2.24) is 10.6 Å². The van der Waals surface area contributed by atoms with Crippen LogP contribution in [0.3, 0.4) is 0 Å². The summed E-state index contributed by atoms with van der Waals surface area (Å²) in [5.74, 6) is 0.905. The number of nitrogens with zero attached hydrogens (tertiary/aromatic N) is 1. The molecule has 0 amide bonds. The van der Waals surface area contributed by atoms with Crippen molar-refractivity contribution in [3.8, 4) is 0 Å². The fraction of sp³-hybridized carbons (Fsp3) is 0.857. The zero-order chi connectivity index (χ0) is 7.68. The molecule has 0 saturated heterocycles. The Bertz CT molecular complexity index is 175. The summed E-state index contributed by atoms with van der Waals surface area (Å²) in [6.45, 7) is 1.81. The van der Waals surface area contributed by atoms with Crippen LogP contribution in [0.15, 0.2) is 4.99 Å². The lowest BCUT2D eigenvalue weighted by atomic mass is 9.90. The first-order chi connectivity index (χ1) is 5.34. The molecule has 1 aliphatic heterocycles. The number of aliphatic imine (C=N–C) groups is 1. The van der Waals surface area contributed by atoms with Gasteiger partial charge in [-0.05, 0) is 12.8 Å². The van der Waals surface area contributed by atoms with Gasteiger partial charge in [0.2, 0.25) is 0 Å². The van der Waals surface area contributed by atoms with Gasteiger partial charge >= 0.3 is 0 Å². The minimum atomic E-state index is -0.0884. The smallest absolute Gasteiger partial charge is 0.191 e. The Balaban J connectivity index is 1.74. The first-order valence-corrected chi connectivity index (χ1v) is 4.07. The van der Waals surface area contributed by atoms with Crippen LogP contribution < -0.4 is 10.6 Å². The molecule has 2 aliphatic rings. The van der Waals surface area contributed by atoms with Gasteiger partial charge in [0.15, 0.2) is 5.96 Å². The highest BCUT2D eigenvalue weighted by Gasteiger charge is 2.27. The van der Waals surface area contributed by atoms with Crippen molar-refractivity contribution >= 4 is 5.96 Å². The van der Waals surface area contributed by atoms with E-state index in [1.54, 1.807) is 0 Å². The van der Waals surface area contributed by atoms with Gasteiger partial charge in [0, 0.05) is 12.6 Å². The average molecular weight is 155 g/mol. The highest BCUT2D eigenvalue weighted by molar-refractivity contribution is 5.81. The zero-order valence-electron chi connectivity index (χ0n) is 6.38. The topological polar surface area (TPSA) is 56.6 Å². The van der Waals surface area contributed by atoms with E-state index in [1.807, 2.05) is 0 Å². The van der Waals surface area contributed by atoms with E-state index in [4.69, 9.17) is 5.11 Å². The van der Waals surface area contributed by atoms with Crippen LogP contribution in [0.5, 0.6) is 0 Å². The third-order valence-corrected chi connectivity index (χ3v) is 2.13. The molecule has 0 spiro atoms. The number of rotatable bonds is 1. The van der Waals surface area contributed by atoms with Crippen molar-refractivity contribution in [3.05, 3.63) is 0 Å². The molecular weight excluding hydrogens is 142 g/mol. The summed E-state index contributed by atoms with van der Waals surface area (Å²) in [5, 5.41) is 15.3. The predicted octanol–water partition coefficient (Wildman–Crippen LogP) is -0.942. The molecule has 11 heavy (non-hydrogen) atoms. The molecule has 4 nitrogen and oxygen atoms in total. The first kappa shape index (κ1) is 6.91. The van der Waals surface area contributed by atoms with Gasteiger partial charge in [0.05, 0.1) is 12.6 Å². The number of guanidine groups is 1. The Morgan fingerprint density at radius 2 is 2.36 bits per heavy atom. The van der Waals surface area contributed by atoms with Crippen LogP contribution in [-0.2, 0) is 0 Å². The van der Waals surface area contributed by atoms with Crippen molar-refractivity contribution < 1.29 is 5.11 Å². The minimum Gasteiger partial charge on any atom is -0.393 e. The lowest BCUT2D eigenvalue weighted by Gasteiger charge is -2.32. The summed E-state index contributed by atoms with van der Waals surface area (Å²) in [4.78, 5) is 4.20. The molecule has 1 aliphatic carbocycles. The van der Waals surface area contributed by atoms with Crippen molar-refractivity contribution in [1.29, 1.82) is 0 Å². The highest BCUT2D eigenvalue weighted by Crippen LogP contribution is 2.19. The van der Waals surface area contributed by atoms with Gasteiger partial charge in [-0.1, -0.05) is 0 Å². The second-order valence-electron chi connectivity index (χ2n) is 3.12. The van der Waals surface area contributed by atoms with Crippen molar-refractivity contribution in [2.75, 3.05) is 13.1 Å². The monoisotopic (exact) mass is 155 g/mol. The number of aliphatic hydroxyl groups is 1. The second kappa shape index (κ2) is 2.70. The van der Waals surface area contributed by atoms with Crippen LogP contribution in [0.2, 0.25) is 0 Å². The van der Waals surface area contributed by atoms with E-state index in [0.717, 1.165) is 31.9 Å². The molecule has 1 saturated carbocycles. The summed E-state index contributed by atoms with van der Waals surface area (Å²) in [6, 6.07) is 0.439. The molecule has 2 rings (SSSR count). The molecule has 1 heterocycles. The molecule has 0 radical (unpaired) electrons. The highest BCUT2D eigenvalue weighted by atomic mass is 16.3. The molecule has 1 fully saturated rings. The summed E-state index contributed by atoms with van der Waals surface area (Å²) >= 11 is 0. The van der Waals surface area contributed by atoms with Crippen LogP contribution in [0.1, 0.15) is 12.8 Å². The fourth-order valence-corrected chi connectivity index (χ4v) is 1.39. The van der Waals surface area contributed by atoms with Gasteiger partial charge in [-0.2, -0.15) is 0 Å². The Morgan fingerprint density at radius 3 is 2.91 bits per heavy atom. The molecule has 0 bridgehead atoms. The molecule has 0 atom stereocenters. The van der Waals surface area contributed by atoms with E-state index in [0.29, 0.717) is 6.04 Å². The first-order valence-electron chi connectivity index (χ1n) is 4.07. The Kier molecular flexibility index (Phi) is 1.69. The van der Waals surface area contributed by atoms with Gasteiger partial charge < -0.3 is 15.7 Å². The lowest BCUT2D eigenvalue weighted by molar-refractivity contribution is 0.0696. The summed E-state index contributed by atoms with van der Waals surface area (Å²) in [5.41, 5.74) is 0. The molecule has 0 unspecified atom stereocenters. The molecular formula is C7H13N3O. The van der Waals surface area contributed by atoms with Crippen LogP contribution >= 0.6 is 0 Å². The standard InChI is InChI=1S/C7H13N3O/c11-6-3-5(4-6)10-7-8-1-2-9-7/h5-6,11H,1-4H2,(H2,8,9,10). The van der Waals surface area contributed by atoms with E-state index < -0.39 is 0 Å². The maximum Gasteiger partial charge on any atom is 0.191 e. The van der Waals surface area contributed by atoms with E-state index in [-0.39, 0.29) is 6.10 Å². The normalized spacial score (nSPS) is 35.5. The summed E-state index contributed by atoms with van der Waals surface area (Å²) in [6.07, 6.45) is 1.64. The third-order valence-electron chi connectivity index (χ3n) is 2.13. The maximum atomic E-state index is 8.99. The quantitative estimate of drug-likeness (QED) is 0.458. The summed E-state index contributed by atoms with van der Waals surface area (Å²) < 4.78 is 0. The molecule has 0 aromatic carbocycles. The number of hydrogen-bond acceptors (Lipinski definition) is 4. The average Bonchev–Trinajstić information content (AvgIpc) is 2.36. The number of nitrogens with one attached hydrogen (secondary N) is 2. The Hall–Kier alpha value is -0.770. The SMILES string of the molecule is OC1CC(NC2=NCCN2)C1. The van der Waals surface area contributed by atoms with Gasteiger partial charge in [-0.3, -0.25) is 4.99 Å². The largest absolute Gasteiger partial charge is 0.393 e. The summed E-state index contributed by atoms with van der Waals surface area (Å²) in [7, 11) is 0. The Morgan fingerprint density at radius 1 is 1.55 bits per heavy atom. The minimum absolute atomic E-state index is 0.0884. The second-order valence-corrected chi connectivity index (χ2v) is 3.12. The molecule has 3 N–H and O–H groups in total. The van der Waals surface area contributed by atoms with Crippen LogP contribution in [0, 0.1) is 0 Å². The van der Waals surface area contributed by atoms with E-state index in [2.05, 4.69) is 15.6 Å². The Labute approximate surface area is 65.7 Å². The molecule has 62 valence electrons. The van der Waals surface area contributed by atoms with Crippen molar-refractivity contribution in [2.24, 2.45) is 4.99 Å². The molecule has 0 aromatic heterocycles. The van der Waals surface area contributed by atoms with Gasteiger partial charge in [-0.15, -0.1) is 0 Å². The molecule has 4 heteroatoms. The van der Waals surface area contributed by atoms with Gasteiger partial charge in [0.25, 0.3) is 0 Å². The van der Waals surface area contributed by atoms with Crippen LogP contribution in [0.4, 0.5) is 0 Å². The number of hydrogen-bond donors (Lipinski definition) is 3. The third kappa shape index (κ3) is 1.45. The van der Waals surface area contributed by atoms with Crippen molar-refractivity contribution in [2.45, 2.75) is 25.0 Å². The lowest BCUT2D eigenvalue weighted by Crippen LogP contribution is -2.49. The zero-order valence-corrected chi connectivity index (χ0v) is 6.38. The maximum absolute atomic E-state index is 8.99. The predicted molar refractivity (Wildman–Crippen MR) is 42.5 cm³/mol. The van der Waals surface area contributed by atoms with Crippen LogP contribution in [-0.4, -0.2) is 36.3 Å². The van der Waals surface area contributed by atoms with E-state index >= 15 is 0 Å². The molecule has 0 aromatic rings. The van der Waals surface area contributed by atoms with Crippen LogP contribution in [0.25, 0.3) is 0 Å². The fourth-order valence-electron chi connectivity index (χ4n) is 1.39. The van der Waals surface area contributed by atoms with E-state index in [9.17, 15) is 0 Å². The van der Waals surface area contributed by atoms with Gasteiger partial charge in [-0.25, -0.2) is 0 Å². The van der Waals surface area contributed by atoms with E-state index in [1.165, 1.54) is 0 Å². The van der Waals surface area contributed by atoms with Gasteiger partial charge in [0.1, 0.15) is 0 Å².